The maximum Gasteiger partial charge on any atom is 0.309 e. The molecule has 0 aromatic heterocycles. The van der Waals surface area contributed by atoms with Gasteiger partial charge in [0, 0.05) is 4.43 Å². The van der Waals surface area contributed by atoms with Crippen LogP contribution in [-0.2, 0) is 4.79 Å². The highest BCUT2D eigenvalue weighted by molar-refractivity contribution is 14.1. The Balaban J connectivity index is 2.65. The SMILES string of the molecule is CC(CI)CC1(C(=O)O)CCCCC1. The lowest BCUT2D eigenvalue weighted by atomic mass is 9.69. The zero-order valence-corrected chi connectivity index (χ0v) is 10.9. The molecule has 1 saturated carbocycles. The van der Waals surface area contributed by atoms with Crippen molar-refractivity contribution in [1.82, 2.24) is 0 Å². The molecule has 82 valence electrons. The van der Waals surface area contributed by atoms with Gasteiger partial charge in [0.05, 0.1) is 5.41 Å². The van der Waals surface area contributed by atoms with Crippen molar-refractivity contribution in [2.45, 2.75) is 45.4 Å². The second-order valence-electron chi connectivity index (χ2n) is 4.61. The predicted molar refractivity (Wildman–Crippen MR) is 65.8 cm³/mol. The van der Waals surface area contributed by atoms with Gasteiger partial charge in [0.15, 0.2) is 0 Å². The van der Waals surface area contributed by atoms with Gasteiger partial charge in [-0.05, 0) is 25.2 Å². The molecule has 0 saturated heterocycles. The van der Waals surface area contributed by atoms with Crippen LogP contribution in [0.15, 0.2) is 0 Å². The molecule has 0 aliphatic heterocycles. The minimum atomic E-state index is -0.561. The molecule has 1 aliphatic rings. The minimum absolute atomic E-state index is 0.386. The van der Waals surface area contributed by atoms with E-state index in [0.29, 0.717) is 5.92 Å². The molecule has 1 N–H and O–H groups in total. The number of carboxylic acids is 1. The Hall–Kier alpha value is 0.200. The molecular formula is C11H19IO2. The second kappa shape index (κ2) is 5.33. The highest BCUT2D eigenvalue weighted by Gasteiger charge is 2.40. The Labute approximate surface area is 99.6 Å². The Morgan fingerprint density at radius 3 is 2.43 bits per heavy atom. The lowest BCUT2D eigenvalue weighted by molar-refractivity contribution is -0.152. The third-order valence-electron chi connectivity index (χ3n) is 3.27. The summed E-state index contributed by atoms with van der Waals surface area (Å²) in [6.07, 6.45) is 6.06. The van der Waals surface area contributed by atoms with Gasteiger partial charge in [-0.25, -0.2) is 0 Å². The first-order valence-corrected chi connectivity index (χ1v) is 6.93. The number of rotatable bonds is 4. The largest absolute Gasteiger partial charge is 0.481 e. The van der Waals surface area contributed by atoms with E-state index >= 15 is 0 Å². The summed E-state index contributed by atoms with van der Waals surface area (Å²) in [5, 5.41) is 9.33. The van der Waals surface area contributed by atoms with Crippen LogP contribution in [0.1, 0.15) is 45.4 Å². The van der Waals surface area contributed by atoms with Crippen molar-refractivity contribution >= 4 is 28.6 Å². The van der Waals surface area contributed by atoms with Crippen molar-refractivity contribution < 1.29 is 9.90 Å². The third-order valence-corrected chi connectivity index (χ3v) is 4.77. The van der Waals surface area contributed by atoms with Gasteiger partial charge in [-0.3, -0.25) is 4.79 Å². The number of carbonyl (C=O) groups is 1. The molecule has 1 rings (SSSR count). The number of alkyl halides is 1. The third kappa shape index (κ3) is 2.84. The van der Waals surface area contributed by atoms with E-state index in [1.807, 2.05) is 0 Å². The first-order valence-electron chi connectivity index (χ1n) is 5.40. The number of hydrogen-bond donors (Lipinski definition) is 1. The molecular weight excluding hydrogens is 291 g/mol. The van der Waals surface area contributed by atoms with Crippen LogP contribution < -0.4 is 0 Å². The molecule has 0 bridgehead atoms. The molecule has 0 aromatic rings. The van der Waals surface area contributed by atoms with E-state index in [9.17, 15) is 9.90 Å². The Bertz CT molecular complexity index is 197. The monoisotopic (exact) mass is 310 g/mol. The summed E-state index contributed by atoms with van der Waals surface area (Å²) < 4.78 is 1.06. The fraction of sp³-hybridized carbons (Fsp3) is 0.909. The first kappa shape index (κ1) is 12.3. The Morgan fingerprint density at radius 1 is 1.43 bits per heavy atom. The van der Waals surface area contributed by atoms with Gasteiger partial charge in [0.25, 0.3) is 0 Å². The van der Waals surface area contributed by atoms with Crippen molar-refractivity contribution in [1.29, 1.82) is 0 Å². The topological polar surface area (TPSA) is 37.3 Å². The van der Waals surface area contributed by atoms with Crippen molar-refractivity contribution in [3.8, 4) is 0 Å². The molecule has 1 unspecified atom stereocenters. The summed E-state index contributed by atoms with van der Waals surface area (Å²) in [6, 6.07) is 0. The number of halogens is 1. The highest BCUT2D eigenvalue weighted by Crippen LogP contribution is 2.41. The zero-order valence-electron chi connectivity index (χ0n) is 8.76. The molecule has 0 amide bonds. The molecule has 3 heteroatoms. The van der Waals surface area contributed by atoms with Crippen molar-refractivity contribution in [2.75, 3.05) is 4.43 Å². The highest BCUT2D eigenvalue weighted by atomic mass is 127. The Morgan fingerprint density at radius 2 is 2.00 bits per heavy atom. The van der Waals surface area contributed by atoms with E-state index in [1.165, 1.54) is 6.42 Å². The molecule has 0 spiro atoms. The first-order chi connectivity index (χ1) is 6.60. The van der Waals surface area contributed by atoms with E-state index in [0.717, 1.165) is 36.5 Å². The average Bonchev–Trinajstić information content (AvgIpc) is 2.19. The molecule has 0 heterocycles. The summed E-state index contributed by atoms with van der Waals surface area (Å²) in [4.78, 5) is 11.3. The smallest absolute Gasteiger partial charge is 0.309 e. The molecule has 0 radical (unpaired) electrons. The predicted octanol–water partition coefficient (Wildman–Crippen LogP) is 3.48. The fourth-order valence-corrected chi connectivity index (χ4v) is 2.77. The van der Waals surface area contributed by atoms with Crippen LogP contribution >= 0.6 is 22.6 Å². The van der Waals surface area contributed by atoms with Gasteiger partial charge in [-0.2, -0.15) is 0 Å². The average molecular weight is 310 g/mol. The van der Waals surface area contributed by atoms with E-state index < -0.39 is 5.97 Å². The molecule has 0 aromatic carbocycles. The second-order valence-corrected chi connectivity index (χ2v) is 5.49. The van der Waals surface area contributed by atoms with Crippen molar-refractivity contribution in [3.63, 3.8) is 0 Å². The maximum absolute atomic E-state index is 11.3. The lowest BCUT2D eigenvalue weighted by Crippen LogP contribution is -2.35. The normalized spacial score (nSPS) is 23.0. The van der Waals surface area contributed by atoms with Gasteiger partial charge in [-0.1, -0.05) is 48.8 Å². The van der Waals surface area contributed by atoms with E-state index in [1.54, 1.807) is 0 Å². The van der Waals surface area contributed by atoms with E-state index in [-0.39, 0.29) is 5.41 Å². The van der Waals surface area contributed by atoms with Crippen LogP contribution in [0.2, 0.25) is 0 Å². The maximum atomic E-state index is 11.3. The van der Waals surface area contributed by atoms with Crippen LogP contribution in [0.25, 0.3) is 0 Å². The van der Waals surface area contributed by atoms with Crippen LogP contribution in [0.5, 0.6) is 0 Å². The number of aliphatic carboxylic acids is 1. The molecule has 14 heavy (non-hydrogen) atoms. The quantitative estimate of drug-likeness (QED) is 0.637. The van der Waals surface area contributed by atoms with Gasteiger partial charge >= 0.3 is 5.97 Å². The van der Waals surface area contributed by atoms with Crippen LogP contribution in [-0.4, -0.2) is 15.5 Å². The summed E-state index contributed by atoms with van der Waals surface area (Å²) >= 11 is 2.35. The van der Waals surface area contributed by atoms with Gasteiger partial charge in [0.1, 0.15) is 0 Å². The molecule has 1 aliphatic carbocycles. The van der Waals surface area contributed by atoms with Gasteiger partial charge in [0.2, 0.25) is 0 Å². The van der Waals surface area contributed by atoms with Gasteiger partial charge in [-0.15, -0.1) is 0 Å². The molecule has 1 atom stereocenters. The van der Waals surface area contributed by atoms with E-state index in [2.05, 4.69) is 29.5 Å². The summed E-state index contributed by atoms with van der Waals surface area (Å²) in [6.45, 7) is 2.16. The molecule has 1 fully saturated rings. The fourth-order valence-electron chi connectivity index (χ4n) is 2.46. The summed E-state index contributed by atoms with van der Waals surface area (Å²) in [5.74, 6) is -0.0290. The summed E-state index contributed by atoms with van der Waals surface area (Å²) in [5.41, 5.74) is -0.386. The Kier molecular flexibility index (Phi) is 4.67. The van der Waals surface area contributed by atoms with Gasteiger partial charge < -0.3 is 5.11 Å². The molecule has 2 nitrogen and oxygen atoms in total. The standard InChI is InChI=1S/C11H19IO2/c1-9(8-12)7-11(10(13)14)5-3-2-4-6-11/h9H,2-8H2,1H3,(H,13,14). The van der Waals surface area contributed by atoms with Crippen LogP contribution in [0.4, 0.5) is 0 Å². The summed E-state index contributed by atoms with van der Waals surface area (Å²) in [7, 11) is 0. The number of carboxylic acid groups (broad SMARTS) is 1. The van der Waals surface area contributed by atoms with Crippen molar-refractivity contribution in [2.24, 2.45) is 11.3 Å². The van der Waals surface area contributed by atoms with Crippen LogP contribution in [0, 0.1) is 11.3 Å². The minimum Gasteiger partial charge on any atom is -0.481 e. The zero-order chi connectivity index (χ0) is 10.6. The van der Waals surface area contributed by atoms with Crippen LogP contribution in [0.3, 0.4) is 0 Å². The van der Waals surface area contributed by atoms with Crippen molar-refractivity contribution in [3.05, 3.63) is 0 Å². The van der Waals surface area contributed by atoms with E-state index in [4.69, 9.17) is 0 Å². The number of hydrogen-bond acceptors (Lipinski definition) is 1. The lowest BCUT2D eigenvalue weighted by Gasteiger charge is -2.34.